The number of carbonyl (C=O) groups excluding carboxylic acids is 2. The second kappa shape index (κ2) is 8.57. The van der Waals surface area contributed by atoms with Crippen LogP contribution in [-0.2, 0) is 4.79 Å². The summed E-state index contributed by atoms with van der Waals surface area (Å²) >= 11 is 5.71. The summed E-state index contributed by atoms with van der Waals surface area (Å²) in [7, 11) is 0. The Balaban J connectivity index is 1.41. The van der Waals surface area contributed by atoms with E-state index in [4.69, 9.17) is 11.6 Å². The van der Waals surface area contributed by atoms with Crippen molar-refractivity contribution in [2.45, 2.75) is 63.8 Å². The van der Waals surface area contributed by atoms with Gasteiger partial charge >= 0.3 is 0 Å². The molecule has 6 nitrogen and oxygen atoms in total. The maximum absolute atomic E-state index is 14.7. The molecule has 5 atom stereocenters. The molecular weight excluding hydrogens is 464 g/mol. The number of fused-ring (bicyclic) bond motifs is 1. The van der Waals surface area contributed by atoms with Gasteiger partial charge in [0.25, 0.3) is 5.91 Å². The second-order valence-corrected chi connectivity index (χ2v) is 10.1. The van der Waals surface area contributed by atoms with Gasteiger partial charge in [0.05, 0.1) is 17.2 Å². The van der Waals surface area contributed by atoms with E-state index in [2.05, 4.69) is 10.3 Å². The molecule has 2 N–H and O–H groups in total. The molecule has 2 heterocycles. The first-order valence-corrected chi connectivity index (χ1v) is 12.0. The van der Waals surface area contributed by atoms with Crippen LogP contribution in [-0.4, -0.2) is 38.9 Å². The van der Waals surface area contributed by atoms with Gasteiger partial charge in [-0.15, -0.1) is 0 Å². The van der Waals surface area contributed by atoms with Crippen LogP contribution in [0.4, 0.5) is 8.78 Å². The van der Waals surface area contributed by atoms with E-state index >= 15 is 0 Å². The van der Waals surface area contributed by atoms with Crippen molar-refractivity contribution in [2.75, 3.05) is 0 Å². The van der Waals surface area contributed by atoms with E-state index in [0.717, 1.165) is 31.4 Å². The molecule has 2 amide bonds. The molecule has 9 heteroatoms. The molecule has 0 radical (unpaired) electrons. The van der Waals surface area contributed by atoms with Crippen LogP contribution in [0.3, 0.4) is 0 Å². The van der Waals surface area contributed by atoms with E-state index in [0.29, 0.717) is 23.2 Å². The molecule has 0 spiro atoms. The van der Waals surface area contributed by atoms with Gasteiger partial charge in [-0.3, -0.25) is 14.6 Å². The van der Waals surface area contributed by atoms with Crippen molar-refractivity contribution in [2.24, 2.45) is 11.8 Å². The van der Waals surface area contributed by atoms with Crippen LogP contribution in [0.15, 0.2) is 24.4 Å². The first-order valence-electron chi connectivity index (χ1n) is 11.6. The Morgan fingerprint density at radius 1 is 1.18 bits per heavy atom. The smallest absolute Gasteiger partial charge is 0.255 e. The van der Waals surface area contributed by atoms with Crippen LogP contribution in [0.5, 0.6) is 0 Å². The number of pyridine rings is 1. The summed E-state index contributed by atoms with van der Waals surface area (Å²) in [5, 5.41) is 12.8. The molecule has 180 valence electrons. The van der Waals surface area contributed by atoms with Crippen LogP contribution < -0.4 is 5.32 Å². The average molecular weight is 490 g/mol. The van der Waals surface area contributed by atoms with Gasteiger partial charge < -0.3 is 15.3 Å². The van der Waals surface area contributed by atoms with Crippen LogP contribution in [0.2, 0.25) is 5.02 Å². The fraction of sp³-hybridized carbons (Fsp3) is 0.480. The van der Waals surface area contributed by atoms with E-state index < -0.39 is 29.8 Å². The lowest BCUT2D eigenvalue weighted by Crippen LogP contribution is -2.49. The summed E-state index contributed by atoms with van der Waals surface area (Å²) in [4.78, 5) is 32.8. The Labute approximate surface area is 201 Å². The topological polar surface area (TPSA) is 82.5 Å². The van der Waals surface area contributed by atoms with Crippen LogP contribution in [0, 0.1) is 30.4 Å². The maximum atomic E-state index is 14.7. The number of carbonyl (C=O) groups is 2. The number of aromatic nitrogens is 1. The van der Waals surface area contributed by atoms with E-state index in [-0.39, 0.29) is 40.3 Å². The standard InChI is InChI=1S/C25H26ClF2N3O3/c1-11-5-15(17(10-29-11)12(2)32)25(34)31-21-6-14(21)7-22(31)24(33)30-23(13-3-4-13)16-8-20(28)18(26)9-19(16)27/h5,8-10,12-14,21-23,32H,3-4,6-7H2,1-2H3,(H,30,33)/t12?,14?,21-,22-,23-/m1/s1. The largest absolute Gasteiger partial charge is 0.389 e. The molecule has 3 aliphatic rings. The van der Waals surface area contributed by atoms with Crippen molar-refractivity contribution in [3.05, 3.63) is 63.4 Å². The summed E-state index contributed by atoms with van der Waals surface area (Å²) in [6.45, 7) is 3.33. The quantitative estimate of drug-likeness (QED) is 0.594. The third kappa shape index (κ3) is 4.18. The number of likely N-dealkylation sites (tertiary alicyclic amines) is 1. The van der Waals surface area contributed by atoms with E-state index in [9.17, 15) is 23.5 Å². The molecule has 1 saturated heterocycles. The predicted molar refractivity (Wildman–Crippen MR) is 121 cm³/mol. The highest BCUT2D eigenvalue weighted by atomic mass is 35.5. The maximum Gasteiger partial charge on any atom is 0.255 e. The molecule has 1 aromatic carbocycles. The normalized spacial score (nSPS) is 25.0. The van der Waals surface area contributed by atoms with Crippen molar-refractivity contribution in [3.63, 3.8) is 0 Å². The summed E-state index contributed by atoms with van der Waals surface area (Å²) in [6.07, 6.45) is 3.53. The lowest BCUT2D eigenvalue weighted by Gasteiger charge is -2.30. The van der Waals surface area contributed by atoms with E-state index in [1.54, 1.807) is 24.8 Å². The number of hydrogen-bond donors (Lipinski definition) is 2. The average Bonchev–Trinajstić information content (AvgIpc) is 3.72. The fourth-order valence-corrected chi connectivity index (χ4v) is 5.27. The van der Waals surface area contributed by atoms with Crippen molar-refractivity contribution in [1.29, 1.82) is 0 Å². The zero-order valence-corrected chi connectivity index (χ0v) is 19.6. The molecular formula is C25H26ClF2N3O3. The Bertz CT molecular complexity index is 1170. The van der Waals surface area contributed by atoms with Crippen LogP contribution >= 0.6 is 11.6 Å². The molecule has 1 aliphatic heterocycles. The van der Waals surface area contributed by atoms with Crippen LogP contribution in [0.1, 0.15) is 71.9 Å². The Morgan fingerprint density at radius 2 is 1.91 bits per heavy atom. The molecule has 2 saturated carbocycles. The van der Waals surface area contributed by atoms with E-state index in [1.807, 2.05) is 0 Å². The zero-order valence-electron chi connectivity index (χ0n) is 18.9. The lowest BCUT2D eigenvalue weighted by molar-refractivity contribution is -0.126. The molecule has 5 rings (SSSR count). The van der Waals surface area contributed by atoms with Gasteiger partial charge in [0.1, 0.15) is 17.7 Å². The van der Waals surface area contributed by atoms with Gasteiger partial charge in [0, 0.05) is 34.6 Å². The third-order valence-electron chi connectivity index (χ3n) is 7.16. The predicted octanol–water partition coefficient (Wildman–Crippen LogP) is 4.25. The monoisotopic (exact) mass is 489 g/mol. The molecule has 0 bridgehead atoms. The number of benzene rings is 1. The number of halogens is 3. The van der Waals surface area contributed by atoms with Gasteiger partial charge in [0.15, 0.2) is 0 Å². The highest BCUT2D eigenvalue weighted by Crippen LogP contribution is 2.49. The Kier molecular flexibility index (Phi) is 5.84. The number of amides is 2. The minimum absolute atomic E-state index is 0.00352. The number of aliphatic hydroxyl groups is 1. The zero-order chi connectivity index (χ0) is 24.3. The number of rotatable bonds is 6. The number of hydrogen-bond acceptors (Lipinski definition) is 4. The highest BCUT2D eigenvalue weighted by molar-refractivity contribution is 6.30. The van der Waals surface area contributed by atoms with Crippen LogP contribution in [0.25, 0.3) is 0 Å². The van der Waals surface area contributed by atoms with Crippen molar-refractivity contribution in [1.82, 2.24) is 15.2 Å². The van der Waals surface area contributed by atoms with Gasteiger partial charge in [-0.2, -0.15) is 0 Å². The molecule has 3 fully saturated rings. The minimum atomic E-state index is -0.890. The first-order chi connectivity index (χ1) is 16.2. The molecule has 2 aliphatic carbocycles. The number of aliphatic hydroxyl groups excluding tert-OH is 1. The number of piperidine rings is 1. The van der Waals surface area contributed by atoms with Gasteiger partial charge in [-0.05, 0) is 69.6 Å². The third-order valence-corrected chi connectivity index (χ3v) is 7.45. The van der Waals surface area contributed by atoms with Gasteiger partial charge in [-0.25, -0.2) is 8.78 Å². The van der Waals surface area contributed by atoms with Crippen molar-refractivity contribution >= 4 is 23.4 Å². The number of nitrogens with zero attached hydrogens (tertiary/aromatic N) is 2. The number of nitrogens with one attached hydrogen (secondary N) is 1. The molecule has 2 unspecified atom stereocenters. The van der Waals surface area contributed by atoms with Crippen molar-refractivity contribution in [3.8, 4) is 0 Å². The summed E-state index contributed by atoms with van der Waals surface area (Å²) in [6, 6.07) is 2.16. The summed E-state index contributed by atoms with van der Waals surface area (Å²) < 4.78 is 28.8. The lowest BCUT2D eigenvalue weighted by atomic mass is 9.99. The molecule has 2 aromatic rings. The first kappa shape index (κ1) is 23.2. The second-order valence-electron chi connectivity index (χ2n) is 9.73. The molecule has 34 heavy (non-hydrogen) atoms. The summed E-state index contributed by atoms with van der Waals surface area (Å²) in [5.41, 5.74) is 1.44. The fourth-order valence-electron chi connectivity index (χ4n) is 5.12. The minimum Gasteiger partial charge on any atom is -0.389 e. The van der Waals surface area contributed by atoms with Crippen molar-refractivity contribution < 1.29 is 23.5 Å². The van der Waals surface area contributed by atoms with E-state index in [1.165, 1.54) is 6.20 Å². The Morgan fingerprint density at radius 3 is 2.59 bits per heavy atom. The van der Waals surface area contributed by atoms with Gasteiger partial charge in [0.2, 0.25) is 5.91 Å². The Hall–Kier alpha value is -2.58. The number of aryl methyl sites for hydroxylation is 1. The SMILES string of the molecule is Cc1cc(C(=O)N2[C@@H](C(=O)N[C@@H](c3cc(F)c(Cl)cc3F)C3CC3)CC3C[C@H]32)c(C(C)O)cn1. The highest BCUT2D eigenvalue weighted by Gasteiger charge is 2.56. The molecule has 1 aromatic heterocycles. The summed E-state index contributed by atoms with van der Waals surface area (Å²) in [5.74, 6) is -1.87. The van der Waals surface area contributed by atoms with Gasteiger partial charge in [-0.1, -0.05) is 11.6 Å².